The fraction of sp³-hybridized carbons (Fsp3) is 0.429. The van der Waals surface area contributed by atoms with Crippen molar-refractivity contribution in [2.75, 3.05) is 11.4 Å². The van der Waals surface area contributed by atoms with Crippen LogP contribution in [0, 0.1) is 18.3 Å². The number of amides is 2. The molecule has 6 rings (SSSR count). The number of anilines is 1. The molecule has 1 N–H and O–H groups in total. The van der Waals surface area contributed by atoms with E-state index in [0.29, 0.717) is 29.3 Å². The average molecular weight is 631 g/mol. The number of halogens is 3. The Morgan fingerprint density at radius 1 is 1.20 bits per heavy atom. The van der Waals surface area contributed by atoms with Gasteiger partial charge in [0, 0.05) is 31.4 Å². The second kappa shape index (κ2) is 12.1. The molecule has 8 nitrogen and oxygen atoms in total. The van der Waals surface area contributed by atoms with Gasteiger partial charge in [0.25, 0.3) is 5.91 Å². The second-order valence-corrected chi connectivity index (χ2v) is 12.9. The molecule has 1 unspecified atom stereocenters. The Labute approximate surface area is 266 Å². The largest absolute Gasteiger partial charge is 0.416 e. The quantitative estimate of drug-likeness (QED) is 0.263. The Kier molecular flexibility index (Phi) is 8.27. The highest BCUT2D eigenvalue weighted by molar-refractivity contribution is 6.10. The number of carbonyl (C=O) groups is 2. The van der Waals surface area contributed by atoms with E-state index in [1.165, 1.54) is 17.0 Å². The van der Waals surface area contributed by atoms with Gasteiger partial charge in [-0.05, 0) is 97.2 Å². The number of nitrogens with one attached hydrogen (secondary N) is 1. The lowest BCUT2D eigenvalue weighted by atomic mass is 9.58. The van der Waals surface area contributed by atoms with Crippen LogP contribution in [0.3, 0.4) is 0 Å². The summed E-state index contributed by atoms with van der Waals surface area (Å²) in [5.74, 6) is 3.08. The predicted octanol–water partition coefficient (Wildman–Crippen LogP) is 5.50. The summed E-state index contributed by atoms with van der Waals surface area (Å²) in [6.45, 7) is 6.51. The number of benzene rings is 2. The number of piperidine rings is 1. The maximum atomic E-state index is 14.5. The van der Waals surface area contributed by atoms with Crippen LogP contribution < -0.4 is 10.2 Å². The number of carbonyl (C=O) groups excluding carboxylic acids is 2. The van der Waals surface area contributed by atoms with E-state index in [-0.39, 0.29) is 42.7 Å². The zero-order chi connectivity index (χ0) is 32.8. The highest BCUT2D eigenvalue weighted by Gasteiger charge is 2.49. The molecule has 240 valence electrons. The Morgan fingerprint density at radius 3 is 2.63 bits per heavy atom. The lowest BCUT2D eigenvalue weighted by molar-refractivity contribution is -0.138. The molecule has 1 saturated heterocycles. The standard InChI is InChI=1S/C35H37F3N6O2/c1-5-26-9-7-8-10-43(26)19-24-13-28-29(30(14-24)35(36,37)38)20-44(32(28)46)27-12-23(18-39-31(45)6-2)11-25(15-27)34(16-22(3)17-34)33-41-40-21-42(33)4/h1,6,11-15,21-22,26H,2,7-10,16-20H2,3-4H3,(H,39,45). The lowest BCUT2D eigenvalue weighted by Crippen LogP contribution is -2.43. The molecule has 0 spiro atoms. The molecule has 1 aliphatic carbocycles. The first-order valence-corrected chi connectivity index (χ1v) is 15.6. The van der Waals surface area contributed by atoms with Gasteiger partial charge in [-0.2, -0.15) is 13.2 Å². The number of alkyl halides is 3. The number of aryl methyl sites for hydroxylation is 1. The fourth-order valence-corrected chi connectivity index (χ4v) is 7.49. The fourth-order valence-electron chi connectivity index (χ4n) is 7.49. The van der Waals surface area contributed by atoms with E-state index >= 15 is 0 Å². The lowest BCUT2D eigenvalue weighted by Gasteiger charge is -2.46. The maximum absolute atomic E-state index is 14.5. The number of terminal acetylenes is 1. The maximum Gasteiger partial charge on any atom is 0.416 e. The summed E-state index contributed by atoms with van der Waals surface area (Å²) in [7, 11) is 1.88. The van der Waals surface area contributed by atoms with Crippen molar-refractivity contribution in [3.05, 3.63) is 88.5 Å². The molecule has 3 aromatic rings. The summed E-state index contributed by atoms with van der Waals surface area (Å²) >= 11 is 0. The van der Waals surface area contributed by atoms with Crippen LogP contribution in [-0.2, 0) is 43.1 Å². The number of nitrogens with zero attached hydrogens (tertiary/aromatic N) is 5. The van der Waals surface area contributed by atoms with E-state index in [1.807, 2.05) is 28.6 Å². The van der Waals surface area contributed by atoms with Crippen LogP contribution in [0.1, 0.15) is 83.0 Å². The number of aromatic nitrogens is 3. The monoisotopic (exact) mass is 630 g/mol. The number of likely N-dealkylation sites (tertiary alicyclic amines) is 1. The van der Waals surface area contributed by atoms with E-state index in [4.69, 9.17) is 6.42 Å². The van der Waals surface area contributed by atoms with Crippen molar-refractivity contribution in [3.8, 4) is 12.3 Å². The molecule has 2 aromatic carbocycles. The number of rotatable bonds is 8. The van der Waals surface area contributed by atoms with Crippen LogP contribution in [0.4, 0.5) is 18.9 Å². The van der Waals surface area contributed by atoms with E-state index in [9.17, 15) is 22.8 Å². The predicted molar refractivity (Wildman–Crippen MR) is 168 cm³/mol. The zero-order valence-electron chi connectivity index (χ0n) is 26.0. The van der Waals surface area contributed by atoms with Crippen LogP contribution in [0.5, 0.6) is 0 Å². The Bertz CT molecular complexity index is 1730. The molecule has 3 heterocycles. The van der Waals surface area contributed by atoms with Gasteiger partial charge in [0.15, 0.2) is 0 Å². The molecule has 2 aliphatic heterocycles. The summed E-state index contributed by atoms with van der Waals surface area (Å²) in [5, 5.41) is 11.3. The molecule has 11 heteroatoms. The summed E-state index contributed by atoms with van der Waals surface area (Å²) in [5.41, 5.74) is 1.15. The van der Waals surface area contributed by atoms with Crippen molar-refractivity contribution in [3.63, 3.8) is 0 Å². The van der Waals surface area contributed by atoms with Gasteiger partial charge in [-0.25, -0.2) is 0 Å². The normalized spacial score (nSPS) is 23.0. The van der Waals surface area contributed by atoms with Crippen molar-refractivity contribution in [2.24, 2.45) is 13.0 Å². The van der Waals surface area contributed by atoms with Crippen LogP contribution in [0.2, 0.25) is 0 Å². The van der Waals surface area contributed by atoms with E-state index in [1.54, 1.807) is 18.5 Å². The van der Waals surface area contributed by atoms with Crippen molar-refractivity contribution in [1.82, 2.24) is 25.0 Å². The van der Waals surface area contributed by atoms with E-state index < -0.39 is 23.1 Å². The molecule has 2 amide bonds. The van der Waals surface area contributed by atoms with Gasteiger partial charge >= 0.3 is 6.18 Å². The van der Waals surface area contributed by atoms with Gasteiger partial charge in [-0.15, -0.1) is 16.6 Å². The smallest absolute Gasteiger partial charge is 0.348 e. The second-order valence-electron chi connectivity index (χ2n) is 12.9. The Balaban J connectivity index is 1.41. The summed E-state index contributed by atoms with van der Waals surface area (Å²) < 4.78 is 45.5. The minimum Gasteiger partial charge on any atom is -0.348 e. The van der Waals surface area contributed by atoms with Gasteiger partial charge in [0.1, 0.15) is 12.2 Å². The van der Waals surface area contributed by atoms with Crippen molar-refractivity contribution in [2.45, 2.75) is 76.3 Å². The van der Waals surface area contributed by atoms with Crippen LogP contribution in [-0.4, -0.2) is 44.1 Å². The molecular weight excluding hydrogens is 593 g/mol. The first-order valence-electron chi connectivity index (χ1n) is 15.6. The molecule has 0 bridgehead atoms. The topological polar surface area (TPSA) is 83.4 Å². The minimum absolute atomic E-state index is 0.0411. The third-order valence-corrected chi connectivity index (χ3v) is 9.63. The van der Waals surface area contributed by atoms with Crippen LogP contribution in [0.25, 0.3) is 0 Å². The SMILES string of the molecule is C#CC1CCCCN1Cc1cc2c(c(C(F)(F)F)c1)CN(c1cc(CNC(=O)C=C)cc(C3(c4nncn4C)CC(C)C3)c1)C2=O. The van der Waals surface area contributed by atoms with Gasteiger partial charge < -0.3 is 14.8 Å². The van der Waals surface area contributed by atoms with Crippen LogP contribution in [0.15, 0.2) is 49.3 Å². The zero-order valence-corrected chi connectivity index (χ0v) is 26.0. The Hall–Kier alpha value is -4.43. The summed E-state index contributed by atoms with van der Waals surface area (Å²) in [6, 6.07) is 8.22. The third kappa shape index (κ3) is 5.71. The van der Waals surface area contributed by atoms with Gasteiger partial charge in [-0.1, -0.05) is 25.5 Å². The molecule has 1 atom stereocenters. The summed E-state index contributed by atoms with van der Waals surface area (Å²) in [6.07, 6.45) is 8.16. The highest BCUT2D eigenvalue weighted by Crippen LogP contribution is 2.52. The molecule has 46 heavy (non-hydrogen) atoms. The van der Waals surface area contributed by atoms with Crippen molar-refractivity contribution < 1.29 is 22.8 Å². The number of hydrogen-bond acceptors (Lipinski definition) is 5. The molecular formula is C35H37F3N6O2. The molecule has 2 fully saturated rings. The summed E-state index contributed by atoms with van der Waals surface area (Å²) in [4.78, 5) is 29.5. The van der Waals surface area contributed by atoms with Crippen molar-refractivity contribution in [1.29, 1.82) is 0 Å². The van der Waals surface area contributed by atoms with E-state index in [2.05, 4.69) is 34.9 Å². The van der Waals surface area contributed by atoms with E-state index in [0.717, 1.165) is 43.5 Å². The number of fused-ring (bicyclic) bond motifs is 1. The minimum atomic E-state index is -4.65. The van der Waals surface area contributed by atoms with Crippen molar-refractivity contribution >= 4 is 17.5 Å². The Morgan fingerprint density at radius 2 is 1.98 bits per heavy atom. The first-order chi connectivity index (χ1) is 21.9. The molecule has 1 saturated carbocycles. The number of hydrogen-bond donors (Lipinski definition) is 1. The molecule has 3 aliphatic rings. The molecule has 1 aromatic heterocycles. The third-order valence-electron chi connectivity index (χ3n) is 9.63. The van der Waals surface area contributed by atoms with Crippen LogP contribution >= 0.6 is 0 Å². The van der Waals surface area contributed by atoms with Gasteiger partial charge in [-0.3, -0.25) is 14.5 Å². The van der Waals surface area contributed by atoms with Gasteiger partial charge in [0.2, 0.25) is 5.91 Å². The highest BCUT2D eigenvalue weighted by atomic mass is 19.4. The van der Waals surface area contributed by atoms with Gasteiger partial charge in [0.05, 0.1) is 23.6 Å². The first kappa shape index (κ1) is 31.5. The average Bonchev–Trinajstić information content (AvgIpc) is 3.60. The molecule has 0 radical (unpaired) electrons.